The van der Waals surface area contributed by atoms with Gasteiger partial charge in [-0.15, -0.1) is 5.10 Å². The lowest BCUT2D eigenvalue weighted by Crippen LogP contribution is -2.42. The lowest BCUT2D eigenvalue weighted by Gasteiger charge is -2.33. The number of ether oxygens (including phenoxy) is 1. The SMILES string of the molecule is CC(C)(C)OC(=O)N1CCC(n2cc(CNc3cc(Cl)c4ncc(C#N)c(Nc5ccc(F)c(Cl)c5)c4c3)nn2)CC1. The molecular weight excluding hydrogens is 582 g/mol. The van der Waals surface area contributed by atoms with Gasteiger partial charge in [0.05, 0.1) is 45.6 Å². The topological polar surface area (TPSA) is 121 Å². The van der Waals surface area contributed by atoms with Crippen LogP contribution in [0.4, 0.5) is 26.2 Å². The van der Waals surface area contributed by atoms with Gasteiger partial charge in [0.1, 0.15) is 23.2 Å². The van der Waals surface area contributed by atoms with Crippen molar-refractivity contribution >= 4 is 57.3 Å². The van der Waals surface area contributed by atoms with Crippen molar-refractivity contribution in [2.45, 2.75) is 51.8 Å². The van der Waals surface area contributed by atoms with Gasteiger partial charge in [-0.2, -0.15) is 5.26 Å². The molecule has 10 nitrogen and oxygen atoms in total. The predicted molar refractivity (Wildman–Crippen MR) is 160 cm³/mol. The molecule has 1 saturated heterocycles. The summed E-state index contributed by atoms with van der Waals surface area (Å²) in [6, 6.07) is 10.1. The molecule has 42 heavy (non-hydrogen) atoms. The Labute approximate surface area is 252 Å². The molecule has 2 aromatic heterocycles. The van der Waals surface area contributed by atoms with E-state index in [2.05, 4.69) is 32.0 Å². The fourth-order valence-corrected chi connectivity index (χ4v) is 5.15. The van der Waals surface area contributed by atoms with E-state index in [-0.39, 0.29) is 22.7 Å². The largest absolute Gasteiger partial charge is 0.444 e. The third-order valence-corrected chi connectivity index (χ3v) is 7.33. The number of hydrogen-bond donors (Lipinski definition) is 2. The second-order valence-corrected chi connectivity index (χ2v) is 11.8. The molecule has 0 bridgehead atoms. The summed E-state index contributed by atoms with van der Waals surface area (Å²) in [6.07, 6.45) is 4.53. The van der Waals surface area contributed by atoms with Gasteiger partial charge in [-0.25, -0.2) is 13.9 Å². The van der Waals surface area contributed by atoms with Crippen LogP contribution in [0, 0.1) is 17.1 Å². The molecule has 2 aromatic carbocycles. The molecule has 13 heteroatoms. The number of nitrogens with zero attached hydrogens (tertiary/aromatic N) is 6. The summed E-state index contributed by atoms with van der Waals surface area (Å²) < 4.78 is 21.0. The van der Waals surface area contributed by atoms with E-state index >= 15 is 0 Å². The molecule has 218 valence electrons. The maximum atomic E-state index is 13.7. The summed E-state index contributed by atoms with van der Waals surface area (Å²) in [4.78, 5) is 18.5. The molecule has 1 aliphatic rings. The number of anilines is 3. The number of nitriles is 1. The van der Waals surface area contributed by atoms with Gasteiger partial charge in [0.2, 0.25) is 0 Å². The van der Waals surface area contributed by atoms with Crippen molar-refractivity contribution in [3.8, 4) is 6.07 Å². The Balaban J connectivity index is 1.29. The van der Waals surface area contributed by atoms with Crippen LogP contribution in [-0.4, -0.2) is 49.7 Å². The van der Waals surface area contributed by atoms with Crippen molar-refractivity contribution in [2.24, 2.45) is 0 Å². The molecule has 0 atom stereocenters. The van der Waals surface area contributed by atoms with Crippen molar-refractivity contribution in [1.29, 1.82) is 5.26 Å². The fraction of sp³-hybridized carbons (Fsp3) is 0.345. The zero-order chi connectivity index (χ0) is 30.0. The summed E-state index contributed by atoms with van der Waals surface area (Å²) in [5.74, 6) is -0.542. The maximum absolute atomic E-state index is 13.7. The summed E-state index contributed by atoms with van der Waals surface area (Å²) in [5.41, 5.74) is 2.65. The Morgan fingerprint density at radius 2 is 1.90 bits per heavy atom. The molecule has 1 fully saturated rings. The molecule has 0 unspecified atom stereocenters. The van der Waals surface area contributed by atoms with Crippen molar-refractivity contribution in [1.82, 2.24) is 24.9 Å². The molecule has 0 radical (unpaired) electrons. The Hall–Kier alpha value is -4.14. The van der Waals surface area contributed by atoms with Crippen LogP contribution in [0.3, 0.4) is 0 Å². The summed E-state index contributed by atoms with van der Waals surface area (Å²) in [6.45, 7) is 7.11. The average molecular weight is 612 g/mol. The average Bonchev–Trinajstić information content (AvgIpc) is 3.42. The van der Waals surface area contributed by atoms with E-state index in [9.17, 15) is 14.4 Å². The highest BCUT2D eigenvalue weighted by Gasteiger charge is 2.28. The quantitative estimate of drug-likeness (QED) is 0.238. The van der Waals surface area contributed by atoms with E-state index in [4.69, 9.17) is 27.9 Å². The number of nitrogens with one attached hydrogen (secondary N) is 2. The van der Waals surface area contributed by atoms with Crippen LogP contribution in [0.15, 0.2) is 42.7 Å². The molecular formula is C29H29Cl2FN8O2. The van der Waals surface area contributed by atoms with Gasteiger partial charge in [-0.05, 0) is 63.9 Å². The van der Waals surface area contributed by atoms with E-state index in [0.29, 0.717) is 52.6 Å². The number of halogens is 3. The highest BCUT2D eigenvalue weighted by molar-refractivity contribution is 6.36. The molecule has 0 saturated carbocycles. The van der Waals surface area contributed by atoms with Crippen molar-refractivity contribution in [3.05, 3.63) is 69.8 Å². The number of likely N-dealkylation sites (tertiary alicyclic amines) is 1. The monoisotopic (exact) mass is 610 g/mol. The number of carbonyl (C=O) groups excluding carboxylic acids is 1. The van der Waals surface area contributed by atoms with Crippen molar-refractivity contribution in [2.75, 3.05) is 23.7 Å². The van der Waals surface area contributed by atoms with Gasteiger partial charge in [-0.3, -0.25) is 4.98 Å². The molecule has 1 amide bonds. The number of aromatic nitrogens is 4. The Morgan fingerprint density at radius 3 is 2.60 bits per heavy atom. The van der Waals surface area contributed by atoms with Crippen LogP contribution in [0.2, 0.25) is 10.0 Å². The smallest absolute Gasteiger partial charge is 0.410 e. The van der Waals surface area contributed by atoms with Gasteiger partial charge >= 0.3 is 6.09 Å². The molecule has 5 rings (SSSR count). The van der Waals surface area contributed by atoms with Gasteiger partial charge in [0, 0.05) is 36.0 Å². The predicted octanol–water partition coefficient (Wildman–Crippen LogP) is 7.07. The summed E-state index contributed by atoms with van der Waals surface area (Å²) in [5, 5.41) is 25.8. The minimum atomic E-state index is -0.542. The Kier molecular flexibility index (Phi) is 8.38. The Morgan fingerprint density at radius 1 is 1.17 bits per heavy atom. The zero-order valence-corrected chi connectivity index (χ0v) is 24.8. The highest BCUT2D eigenvalue weighted by Crippen LogP contribution is 2.35. The van der Waals surface area contributed by atoms with E-state index in [1.165, 1.54) is 24.4 Å². The number of fused-ring (bicyclic) bond motifs is 1. The van der Waals surface area contributed by atoms with Crippen LogP contribution in [-0.2, 0) is 11.3 Å². The summed E-state index contributed by atoms with van der Waals surface area (Å²) >= 11 is 12.5. The number of hydrogen-bond acceptors (Lipinski definition) is 8. The lowest BCUT2D eigenvalue weighted by molar-refractivity contribution is 0.0184. The van der Waals surface area contributed by atoms with Crippen LogP contribution >= 0.6 is 23.2 Å². The number of pyridine rings is 1. The van der Waals surface area contributed by atoms with Crippen molar-refractivity contribution in [3.63, 3.8) is 0 Å². The second kappa shape index (κ2) is 12.0. The number of rotatable bonds is 6. The van der Waals surface area contributed by atoms with E-state index in [0.717, 1.165) is 18.5 Å². The fourth-order valence-electron chi connectivity index (χ4n) is 4.70. The van der Waals surface area contributed by atoms with Crippen molar-refractivity contribution < 1.29 is 13.9 Å². The van der Waals surface area contributed by atoms with Crippen LogP contribution in [0.1, 0.15) is 50.9 Å². The normalized spacial score (nSPS) is 14.1. The van der Waals surface area contributed by atoms with Gasteiger partial charge in [0.25, 0.3) is 0 Å². The van der Waals surface area contributed by atoms with E-state index in [1.807, 2.05) is 37.7 Å². The first-order chi connectivity index (χ1) is 20.0. The minimum Gasteiger partial charge on any atom is -0.444 e. The number of carbonyl (C=O) groups is 1. The first-order valence-electron chi connectivity index (χ1n) is 13.4. The highest BCUT2D eigenvalue weighted by atomic mass is 35.5. The molecule has 3 heterocycles. The molecule has 1 aliphatic heterocycles. The van der Waals surface area contributed by atoms with Crippen LogP contribution in [0.5, 0.6) is 0 Å². The van der Waals surface area contributed by atoms with Gasteiger partial charge in [0.15, 0.2) is 0 Å². The molecule has 2 N–H and O–H groups in total. The second-order valence-electron chi connectivity index (χ2n) is 11.0. The first-order valence-corrected chi connectivity index (χ1v) is 14.1. The summed E-state index contributed by atoms with van der Waals surface area (Å²) in [7, 11) is 0. The van der Waals surface area contributed by atoms with Gasteiger partial charge in [-0.1, -0.05) is 28.4 Å². The number of amides is 1. The van der Waals surface area contributed by atoms with E-state index in [1.54, 1.807) is 11.0 Å². The third kappa shape index (κ3) is 6.66. The van der Waals surface area contributed by atoms with Crippen LogP contribution in [0.25, 0.3) is 10.9 Å². The first kappa shape index (κ1) is 29.4. The molecule has 4 aromatic rings. The molecule has 0 spiro atoms. The standard InChI is InChI=1S/C29H29Cl2FN8O2/c1-29(2,3)42-28(41)39-8-6-21(7-9-39)40-16-20(37-38-40)15-34-19-10-22-26(36-18-4-5-25(32)23(30)11-18)17(13-33)14-35-27(22)24(31)12-19/h4-5,10-12,14,16,21,34H,6-9,15H2,1-3H3,(H,35,36). The lowest BCUT2D eigenvalue weighted by atomic mass is 10.1. The number of piperidine rings is 1. The maximum Gasteiger partial charge on any atom is 0.410 e. The minimum absolute atomic E-state index is 0.0427. The van der Waals surface area contributed by atoms with Crippen LogP contribution < -0.4 is 10.6 Å². The zero-order valence-electron chi connectivity index (χ0n) is 23.3. The third-order valence-electron chi connectivity index (χ3n) is 6.76. The van der Waals surface area contributed by atoms with E-state index < -0.39 is 11.4 Å². The Bertz CT molecular complexity index is 1670. The van der Waals surface area contributed by atoms with Gasteiger partial charge < -0.3 is 20.3 Å². The number of benzene rings is 2. The molecule has 0 aliphatic carbocycles.